The number of fused-ring (bicyclic) bond motifs is 12. The summed E-state index contributed by atoms with van der Waals surface area (Å²) in [6.07, 6.45) is 0. The van der Waals surface area contributed by atoms with Crippen molar-refractivity contribution < 1.29 is 0 Å². The van der Waals surface area contributed by atoms with Gasteiger partial charge in [0, 0.05) is 31.4 Å². The quantitative estimate of drug-likeness (QED) is 0.201. The fourth-order valence-electron chi connectivity index (χ4n) is 6.64. The van der Waals surface area contributed by atoms with Crippen LogP contribution in [0, 0.1) is 0 Å². The monoisotopic (exact) mass is 485 g/mol. The van der Waals surface area contributed by atoms with Gasteiger partial charge in [-0.1, -0.05) is 90.4 Å². The van der Waals surface area contributed by atoms with Crippen molar-refractivity contribution in [2.24, 2.45) is 0 Å². The van der Waals surface area contributed by atoms with E-state index < -0.39 is 0 Å². The van der Waals surface area contributed by atoms with Gasteiger partial charge in [-0.2, -0.15) is 0 Å². The molecule has 0 saturated carbocycles. The van der Waals surface area contributed by atoms with Crippen molar-refractivity contribution >= 4 is 64.8 Å². The number of halogens is 1. The van der Waals surface area contributed by atoms with Crippen LogP contribution in [-0.2, 0) is 5.41 Å². The molecule has 156 valence electrons. The maximum atomic E-state index is 3.70. The van der Waals surface area contributed by atoms with E-state index in [0.717, 1.165) is 4.47 Å². The standard InChI is InChI=1S/C31H20BrN/c1-31(2)25-16-17(32)10-11-18(25)21-13-12-20-22(29(21)31)14-15-27-28(20)24-8-5-7-23-19-6-3-4-9-26(19)33(27)30(23)24/h3-16H,1-2H3. The molecule has 0 aliphatic heterocycles. The molecule has 7 aromatic rings. The van der Waals surface area contributed by atoms with Crippen LogP contribution in [0.2, 0.25) is 0 Å². The van der Waals surface area contributed by atoms with Crippen LogP contribution in [0.15, 0.2) is 89.4 Å². The fraction of sp³-hybridized carbons (Fsp3) is 0.0968. The minimum Gasteiger partial charge on any atom is -0.308 e. The summed E-state index contributed by atoms with van der Waals surface area (Å²) in [6.45, 7) is 4.74. The van der Waals surface area contributed by atoms with Gasteiger partial charge < -0.3 is 4.40 Å². The molecule has 2 heteroatoms. The van der Waals surface area contributed by atoms with E-state index >= 15 is 0 Å². The van der Waals surface area contributed by atoms with E-state index in [2.05, 4.69) is 119 Å². The summed E-state index contributed by atoms with van der Waals surface area (Å²) in [6, 6.07) is 31.7. The highest BCUT2D eigenvalue weighted by atomic mass is 79.9. The first-order valence-corrected chi connectivity index (χ1v) is 12.3. The predicted molar refractivity (Wildman–Crippen MR) is 144 cm³/mol. The Hall–Kier alpha value is -3.36. The first kappa shape index (κ1) is 18.1. The Morgan fingerprint density at radius 3 is 2.30 bits per heavy atom. The number of hydrogen-bond donors (Lipinski definition) is 0. The fourth-order valence-corrected chi connectivity index (χ4v) is 7.00. The second-order valence-corrected chi connectivity index (χ2v) is 10.8. The molecular formula is C31H20BrN. The van der Waals surface area contributed by atoms with E-state index in [1.165, 1.54) is 71.1 Å². The number of aromatic nitrogens is 1. The van der Waals surface area contributed by atoms with Crippen LogP contribution in [0.1, 0.15) is 25.0 Å². The maximum Gasteiger partial charge on any atom is 0.0620 e. The Balaban J connectivity index is 1.59. The van der Waals surface area contributed by atoms with Crippen LogP contribution in [0.3, 0.4) is 0 Å². The van der Waals surface area contributed by atoms with Gasteiger partial charge in [0.05, 0.1) is 16.6 Å². The van der Waals surface area contributed by atoms with Crippen molar-refractivity contribution in [1.82, 2.24) is 4.40 Å². The lowest BCUT2D eigenvalue weighted by Crippen LogP contribution is -2.15. The van der Waals surface area contributed by atoms with Gasteiger partial charge in [0.1, 0.15) is 0 Å². The van der Waals surface area contributed by atoms with Crippen molar-refractivity contribution in [2.45, 2.75) is 19.3 Å². The molecule has 2 aromatic heterocycles. The van der Waals surface area contributed by atoms with Gasteiger partial charge in [-0.05, 0) is 57.3 Å². The summed E-state index contributed by atoms with van der Waals surface area (Å²) in [5.41, 5.74) is 9.46. The van der Waals surface area contributed by atoms with Gasteiger partial charge >= 0.3 is 0 Å². The Bertz CT molecular complexity index is 1950. The second-order valence-electron chi connectivity index (χ2n) is 9.91. The molecule has 1 aliphatic rings. The molecule has 0 bridgehead atoms. The third-order valence-electron chi connectivity index (χ3n) is 7.95. The minimum absolute atomic E-state index is 0.0468. The van der Waals surface area contributed by atoms with E-state index in [4.69, 9.17) is 0 Å². The largest absolute Gasteiger partial charge is 0.308 e. The van der Waals surface area contributed by atoms with Crippen LogP contribution in [0.5, 0.6) is 0 Å². The number of benzene rings is 5. The van der Waals surface area contributed by atoms with Crippen molar-refractivity contribution in [1.29, 1.82) is 0 Å². The number of para-hydroxylation sites is 2. The highest BCUT2D eigenvalue weighted by Gasteiger charge is 2.37. The molecule has 0 radical (unpaired) electrons. The summed E-state index contributed by atoms with van der Waals surface area (Å²) in [5, 5.41) is 8.11. The average Bonchev–Trinajstić information content (AvgIpc) is 3.42. The van der Waals surface area contributed by atoms with Crippen LogP contribution < -0.4 is 0 Å². The van der Waals surface area contributed by atoms with Gasteiger partial charge in [0.15, 0.2) is 0 Å². The van der Waals surface area contributed by atoms with Crippen LogP contribution in [0.4, 0.5) is 0 Å². The van der Waals surface area contributed by atoms with Gasteiger partial charge in [-0.3, -0.25) is 0 Å². The number of hydrogen-bond acceptors (Lipinski definition) is 0. The lowest BCUT2D eigenvalue weighted by Gasteiger charge is -2.23. The number of nitrogens with zero attached hydrogens (tertiary/aromatic N) is 1. The minimum atomic E-state index is -0.0468. The zero-order chi connectivity index (χ0) is 22.1. The Labute approximate surface area is 199 Å². The Kier molecular flexibility index (Phi) is 3.16. The third-order valence-corrected chi connectivity index (χ3v) is 8.45. The molecule has 0 atom stereocenters. The summed E-state index contributed by atoms with van der Waals surface area (Å²) < 4.78 is 3.61. The summed E-state index contributed by atoms with van der Waals surface area (Å²) in [7, 11) is 0. The molecule has 5 aromatic carbocycles. The molecular weight excluding hydrogens is 466 g/mol. The van der Waals surface area contributed by atoms with Crippen molar-refractivity contribution in [3.05, 3.63) is 101 Å². The molecule has 0 spiro atoms. The predicted octanol–water partition coefficient (Wildman–Crippen LogP) is 9.06. The lowest BCUT2D eigenvalue weighted by atomic mass is 9.80. The van der Waals surface area contributed by atoms with E-state index in [1.807, 2.05) is 0 Å². The van der Waals surface area contributed by atoms with E-state index in [0.29, 0.717) is 0 Å². The molecule has 0 amide bonds. The van der Waals surface area contributed by atoms with Crippen molar-refractivity contribution in [3.63, 3.8) is 0 Å². The average molecular weight is 486 g/mol. The molecule has 0 unspecified atom stereocenters. The molecule has 33 heavy (non-hydrogen) atoms. The molecule has 0 saturated heterocycles. The normalized spacial score (nSPS) is 14.8. The van der Waals surface area contributed by atoms with Crippen LogP contribution in [-0.4, -0.2) is 4.40 Å². The highest BCUT2D eigenvalue weighted by molar-refractivity contribution is 9.10. The maximum absolute atomic E-state index is 3.70. The van der Waals surface area contributed by atoms with E-state index in [1.54, 1.807) is 0 Å². The van der Waals surface area contributed by atoms with Gasteiger partial charge in [0.25, 0.3) is 0 Å². The summed E-state index contributed by atoms with van der Waals surface area (Å²) in [5.74, 6) is 0. The van der Waals surface area contributed by atoms with E-state index in [-0.39, 0.29) is 5.41 Å². The van der Waals surface area contributed by atoms with Crippen LogP contribution >= 0.6 is 15.9 Å². The smallest absolute Gasteiger partial charge is 0.0620 e. The van der Waals surface area contributed by atoms with Gasteiger partial charge in [-0.25, -0.2) is 0 Å². The van der Waals surface area contributed by atoms with Crippen molar-refractivity contribution in [2.75, 3.05) is 0 Å². The topological polar surface area (TPSA) is 4.41 Å². The molecule has 2 heterocycles. The van der Waals surface area contributed by atoms with Crippen LogP contribution in [0.25, 0.3) is 60.0 Å². The summed E-state index contributed by atoms with van der Waals surface area (Å²) in [4.78, 5) is 0. The Morgan fingerprint density at radius 2 is 1.39 bits per heavy atom. The lowest BCUT2D eigenvalue weighted by molar-refractivity contribution is 0.666. The molecule has 1 aliphatic carbocycles. The SMILES string of the molecule is CC1(C)c2cc(Br)ccc2-c2ccc3c(ccc4c3c3cccc5c6ccccc6n4c53)c21. The third kappa shape index (κ3) is 2.01. The number of rotatable bonds is 0. The van der Waals surface area contributed by atoms with Crippen molar-refractivity contribution in [3.8, 4) is 11.1 Å². The molecule has 1 nitrogen and oxygen atoms in total. The first-order chi connectivity index (χ1) is 16.1. The molecule has 0 N–H and O–H groups in total. The second kappa shape index (κ2) is 5.76. The molecule has 0 fully saturated rings. The van der Waals surface area contributed by atoms with Gasteiger partial charge in [0.2, 0.25) is 0 Å². The van der Waals surface area contributed by atoms with Gasteiger partial charge in [-0.15, -0.1) is 0 Å². The first-order valence-electron chi connectivity index (χ1n) is 11.5. The zero-order valence-electron chi connectivity index (χ0n) is 18.4. The Morgan fingerprint density at radius 1 is 0.636 bits per heavy atom. The molecule has 8 rings (SSSR count). The zero-order valence-corrected chi connectivity index (χ0v) is 20.0. The highest BCUT2D eigenvalue weighted by Crippen LogP contribution is 2.53. The summed E-state index contributed by atoms with van der Waals surface area (Å²) >= 11 is 3.70. The van der Waals surface area contributed by atoms with E-state index in [9.17, 15) is 0 Å².